The van der Waals surface area contributed by atoms with Crippen LogP contribution in [-0.4, -0.2) is 70.2 Å². The van der Waals surface area contributed by atoms with Crippen molar-refractivity contribution in [1.82, 2.24) is 9.47 Å². The molecule has 0 aliphatic carbocycles. The second-order valence-electron chi connectivity index (χ2n) is 9.97. The van der Waals surface area contributed by atoms with Crippen LogP contribution in [-0.2, 0) is 28.3 Å². The zero-order valence-electron chi connectivity index (χ0n) is 23.2. The minimum absolute atomic E-state index is 0.0202. The summed E-state index contributed by atoms with van der Waals surface area (Å²) >= 11 is 0. The summed E-state index contributed by atoms with van der Waals surface area (Å²) in [6, 6.07) is 19.3. The topological polar surface area (TPSA) is 119 Å². The molecule has 2 heterocycles. The molecule has 0 unspecified atom stereocenters. The van der Waals surface area contributed by atoms with Crippen LogP contribution in [0.5, 0.6) is 11.5 Å². The van der Waals surface area contributed by atoms with E-state index in [2.05, 4.69) is 20.4 Å². The Morgan fingerprint density at radius 1 is 0.951 bits per heavy atom. The Morgan fingerprint density at radius 3 is 2.29 bits per heavy atom. The highest BCUT2D eigenvalue weighted by Gasteiger charge is 2.22. The van der Waals surface area contributed by atoms with Crippen molar-refractivity contribution in [3.8, 4) is 11.5 Å². The third-order valence-electron chi connectivity index (χ3n) is 7.31. The van der Waals surface area contributed by atoms with Crippen molar-refractivity contribution in [2.45, 2.75) is 11.3 Å². The minimum Gasteiger partial charge on any atom is -0.497 e. The van der Waals surface area contributed by atoms with Gasteiger partial charge in [-0.1, -0.05) is 0 Å². The number of hydrogen-bond donors (Lipinski definition) is 2. The molecule has 216 valence electrons. The minimum atomic E-state index is -3.71. The van der Waals surface area contributed by atoms with Gasteiger partial charge in [0.05, 0.1) is 12.0 Å². The summed E-state index contributed by atoms with van der Waals surface area (Å²) in [5.74, 6) is 1.20. The smallest absolute Gasteiger partial charge is 0.261 e. The first-order valence-electron chi connectivity index (χ1n) is 13.5. The number of nitrogens with one attached hydrogen (secondary N) is 1. The van der Waals surface area contributed by atoms with E-state index in [1.54, 1.807) is 24.3 Å². The Labute approximate surface area is 240 Å². The number of carbonyl (C=O) groups is 1. The first kappa shape index (κ1) is 28.3. The lowest BCUT2D eigenvalue weighted by Gasteiger charge is -2.36. The molecule has 0 bridgehead atoms. The Kier molecular flexibility index (Phi) is 8.36. The normalized spacial score (nSPS) is 13.8. The second kappa shape index (κ2) is 12.1. The third-order valence-corrected chi connectivity index (χ3v) is 8.70. The van der Waals surface area contributed by atoms with Gasteiger partial charge in [0.2, 0.25) is 0 Å². The standard InChI is InChI=1S/C30H35N5O5S/c1-33-20-22(13-14-31)28-19-26(9-12-29(28)33)40-21-30(36)35-17-15-34(16-18-35)24-5-3-23(4-6-24)32-41(37,38)27-10-7-25(39-2)8-11-27/h3-12,19-20,32H,13-18,21,31H2,1-2H3. The molecule has 41 heavy (non-hydrogen) atoms. The van der Waals surface area contributed by atoms with Gasteiger partial charge in [-0.05, 0) is 85.3 Å². The van der Waals surface area contributed by atoms with Gasteiger partial charge in [-0.2, -0.15) is 0 Å². The molecule has 11 heteroatoms. The van der Waals surface area contributed by atoms with Gasteiger partial charge in [-0.3, -0.25) is 9.52 Å². The fourth-order valence-electron chi connectivity index (χ4n) is 5.06. The van der Waals surface area contributed by atoms with Crippen LogP contribution in [0.25, 0.3) is 10.9 Å². The molecule has 0 atom stereocenters. The SMILES string of the molecule is COc1ccc(S(=O)(=O)Nc2ccc(N3CCN(C(=O)COc4ccc5c(c4)c(CCN)cn5C)CC3)cc2)cc1. The molecule has 1 amide bonds. The van der Waals surface area contributed by atoms with Gasteiger partial charge in [-0.25, -0.2) is 8.42 Å². The highest BCUT2D eigenvalue weighted by Crippen LogP contribution is 2.26. The van der Waals surface area contributed by atoms with Crippen molar-refractivity contribution in [1.29, 1.82) is 0 Å². The number of amides is 1. The second-order valence-corrected chi connectivity index (χ2v) is 11.6. The Morgan fingerprint density at radius 2 is 1.63 bits per heavy atom. The first-order valence-corrected chi connectivity index (χ1v) is 15.0. The van der Waals surface area contributed by atoms with Gasteiger partial charge in [0.25, 0.3) is 15.9 Å². The predicted octanol–water partition coefficient (Wildman–Crippen LogP) is 3.22. The zero-order chi connectivity index (χ0) is 29.0. The molecule has 1 saturated heterocycles. The van der Waals surface area contributed by atoms with Crippen molar-refractivity contribution < 1.29 is 22.7 Å². The van der Waals surface area contributed by atoms with Crippen LogP contribution in [0.15, 0.2) is 77.8 Å². The molecule has 1 fully saturated rings. The highest BCUT2D eigenvalue weighted by atomic mass is 32.2. The Hall–Kier alpha value is -4.22. The molecule has 10 nitrogen and oxygen atoms in total. The van der Waals surface area contributed by atoms with Crippen molar-refractivity contribution in [2.75, 3.05) is 56.1 Å². The number of anilines is 2. The fraction of sp³-hybridized carbons (Fsp3) is 0.300. The van der Waals surface area contributed by atoms with E-state index < -0.39 is 10.0 Å². The number of carbonyl (C=O) groups excluding carboxylic acids is 1. The van der Waals surface area contributed by atoms with Gasteiger partial charge >= 0.3 is 0 Å². The first-order chi connectivity index (χ1) is 19.8. The van der Waals surface area contributed by atoms with E-state index in [0.717, 1.165) is 23.0 Å². The van der Waals surface area contributed by atoms with E-state index in [-0.39, 0.29) is 17.4 Å². The van der Waals surface area contributed by atoms with Gasteiger partial charge in [0.15, 0.2) is 6.61 Å². The van der Waals surface area contributed by atoms with Crippen LogP contribution in [0.4, 0.5) is 11.4 Å². The van der Waals surface area contributed by atoms with Gasteiger partial charge in [0, 0.05) is 61.7 Å². The van der Waals surface area contributed by atoms with Gasteiger partial charge in [-0.15, -0.1) is 0 Å². The Bertz CT molecular complexity index is 1610. The third kappa shape index (κ3) is 6.41. The summed E-state index contributed by atoms with van der Waals surface area (Å²) in [6.07, 6.45) is 2.87. The van der Waals surface area contributed by atoms with Crippen molar-refractivity contribution in [2.24, 2.45) is 12.8 Å². The molecule has 4 aromatic rings. The van der Waals surface area contributed by atoms with Crippen molar-refractivity contribution >= 4 is 38.2 Å². The molecule has 1 aromatic heterocycles. The van der Waals surface area contributed by atoms with E-state index in [4.69, 9.17) is 15.2 Å². The highest BCUT2D eigenvalue weighted by molar-refractivity contribution is 7.92. The number of rotatable bonds is 10. The molecule has 0 saturated carbocycles. The van der Waals surface area contributed by atoms with Gasteiger partial charge in [0.1, 0.15) is 11.5 Å². The molecule has 5 rings (SSSR count). The predicted molar refractivity (Wildman–Crippen MR) is 160 cm³/mol. The number of piperazine rings is 1. The lowest BCUT2D eigenvalue weighted by Crippen LogP contribution is -2.50. The quantitative estimate of drug-likeness (QED) is 0.297. The number of methoxy groups -OCH3 is 1. The molecular weight excluding hydrogens is 542 g/mol. The summed E-state index contributed by atoms with van der Waals surface area (Å²) in [6.45, 7) is 3.04. The molecular formula is C30H35N5O5S. The van der Waals surface area contributed by atoms with Crippen LogP contribution in [0.2, 0.25) is 0 Å². The maximum Gasteiger partial charge on any atom is 0.261 e. The average Bonchev–Trinajstić information content (AvgIpc) is 3.30. The summed E-state index contributed by atoms with van der Waals surface area (Å²) < 4.78 is 41.1. The molecule has 3 N–H and O–H groups in total. The van der Waals surface area contributed by atoms with E-state index >= 15 is 0 Å². The van der Waals surface area contributed by atoms with Crippen LogP contribution in [0, 0.1) is 0 Å². The number of benzene rings is 3. The number of nitrogens with zero attached hydrogens (tertiary/aromatic N) is 3. The van der Waals surface area contributed by atoms with Gasteiger partial charge < -0.3 is 29.6 Å². The van der Waals surface area contributed by atoms with E-state index in [1.165, 1.54) is 24.8 Å². The lowest BCUT2D eigenvalue weighted by molar-refractivity contribution is -0.133. The maximum atomic E-state index is 12.9. The van der Waals surface area contributed by atoms with E-state index in [0.29, 0.717) is 49.9 Å². The van der Waals surface area contributed by atoms with Crippen molar-refractivity contribution in [3.05, 3.63) is 78.5 Å². The summed E-state index contributed by atoms with van der Waals surface area (Å²) in [5.41, 5.74) is 9.47. The molecule has 0 radical (unpaired) electrons. The van der Waals surface area contributed by atoms with Crippen LogP contribution in [0.3, 0.4) is 0 Å². The lowest BCUT2D eigenvalue weighted by atomic mass is 10.1. The summed E-state index contributed by atoms with van der Waals surface area (Å²) in [7, 11) is -0.179. The van der Waals surface area contributed by atoms with E-state index in [1.807, 2.05) is 42.3 Å². The largest absolute Gasteiger partial charge is 0.497 e. The molecule has 3 aromatic carbocycles. The monoisotopic (exact) mass is 577 g/mol. The summed E-state index contributed by atoms with van der Waals surface area (Å²) in [5, 5.41) is 1.09. The number of fused-ring (bicyclic) bond motifs is 1. The number of ether oxygens (including phenoxy) is 2. The fourth-order valence-corrected chi connectivity index (χ4v) is 6.12. The van der Waals surface area contributed by atoms with Crippen LogP contribution < -0.4 is 24.8 Å². The molecule has 1 aliphatic heterocycles. The van der Waals surface area contributed by atoms with Crippen LogP contribution in [0.1, 0.15) is 5.56 Å². The van der Waals surface area contributed by atoms with Crippen LogP contribution >= 0.6 is 0 Å². The van der Waals surface area contributed by atoms with E-state index in [9.17, 15) is 13.2 Å². The number of sulfonamides is 1. The molecule has 0 spiro atoms. The maximum absolute atomic E-state index is 12.9. The summed E-state index contributed by atoms with van der Waals surface area (Å²) in [4.78, 5) is 17.0. The zero-order valence-corrected chi connectivity index (χ0v) is 24.1. The number of aromatic nitrogens is 1. The van der Waals surface area contributed by atoms with Crippen molar-refractivity contribution in [3.63, 3.8) is 0 Å². The average molecular weight is 578 g/mol. The Balaban J connectivity index is 1.13. The molecule has 1 aliphatic rings. The number of aryl methyl sites for hydroxylation is 1. The number of hydrogen-bond acceptors (Lipinski definition) is 7. The number of nitrogens with two attached hydrogens (primary N) is 1.